The van der Waals surface area contributed by atoms with Crippen LogP contribution in [0.4, 0.5) is 0 Å². The minimum atomic E-state index is 0.928. The van der Waals surface area contributed by atoms with Gasteiger partial charge in [0.05, 0.1) is 6.54 Å². The van der Waals surface area contributed by atoms with Crippen molar-refractivity contribution in [3.63, 3.8) is 0 Å². The Kier molecular flexibility index (Phi) is 5.29. The van der Waals surface area contributed by atoms with E-state index in [0.717, 1.165) is 64.9 Å². The van der Waals surface area contributed by atoms with E-state index in [4.69, 9.17) is 0 Å². The number of nitrogens with one attached hydrogen (secondary N) is 1. The van der Waals surface area contributed by atoms with E-state index in [1.807, 2.05) is 0 Å². The minimum absolute atomic E-state index is 0.928. The molecule has 2 aliphatic rings. The molecule has 0 spiro atoms. The van der Waals surface area contributed by atoms with Gasteiger partial charge in [-0.2, -0.15) is 0 Å². The van der Waals surface area contributed by atoms with Crippen LogP contribution in [0.1, 0.15) is 5.56 Å². The predicted molar refractivity (Wildman–Crippen MR) is 91.1 cm³/mol. The molecule has 0 aliphatic carbocycles. The molecule has 22 heavy (non-hydrogen) atoms. The standard InChI is InChI=1S/C17H27N5/c1-20-9-7-18-17(20)19-8-10-21-11-13-22(14-12-21)15-16-5-3-2-4-6-16/h2-6H,7-15H2,1H3,(H,18,19). The number of guanidine groups is 1. The van der Waals surface area contributed by atoms with Gasteiger partial charge in [0.2, 0.25) is 0 Å². The SMILES string of the molecule is CN1CCN=C1NCCN1CCN(Cc2ccccc2)CC1. The van der Waals surface area contributed by atoms with E-state index in [-0.39, 0.29) is 0 Å². The summed E-state index contributed by atoms with van der Waals surface area (Å²) in [6.45, 7) is 9.79. The number of aliphatic imine (C=N–C) groups is 1. The Morgan fingerprint density at radius 1 is 1.00 bits per heavy atom. The summed E-state index contributed by atoms with van der Waals surface area (Å²) >= 11 is 0. The van der Waals surface area contributed by atoms with E-state index < -0.39 is 0 Å². The monoisotopic (exact) mass is 301 g/mol. The second kappa shape index (κ2) is 7.61. The zero-order chi connectivity index (χ0) is 15.2. The van der Waals surface area contributed by atoms with Gasteiger partial charge in [-0.15, -0.1) is 0 Å². The normalized spacial score (nSPS) is 20.2. The predicted octanol–water partition coefficient (Wildman–Crippen LogP) is 0.695. The van der Waals surface area contributed by atoms with Crippen LogP contribution in [0, 0.1) is 0 Å². The Hall–Kier alpha value is -1.59. The number of hydrogen-bond donors (Lipinski definition) is 1. The van der Waals surface area contributed by atoms with Crippen molar-refractivity contribution in [2.45, 2.75) is 6.54 Å². The number of piperazine rings is 1. The molecule has 1 aromatic carbocycles. The van der Waals surface area contributed by atoms with E-state index >= 15 is 0 Å². The van der Waals surface area contributed by atoms with Crippen LogP contribution in [-0.2, 0) is 6.54 Å². The highest BCUT2D eigenvalue weighted by molar-refractivity contribution is 5.81. The number of benzene rings is 1. The van der Waals surface area contributed by atoms with Crippen molar-refractivity contribution in [2.24, 2.45) is 4.99 Å². The fourth-order valence-corrected chi connectivity index (χ4v) is 3.06. The second-order valence-electron chi connectivity index (χ2n) is 6.16. The molecule has 0 atom stereocenters. The first-order chi connectivity index (χ1) is 10.8. The van der Waals surface area contributed by atoms with Crippen LogP contribution in [0.2, 0.25) is 0 Å². The Balaban J connectivity index is 1.33. The molecule has 120 valence electrons. The molecule has 2 aliphatic heterocycles. The van der Waals surface area contributed by atoms with Gasteiger partial charge in [-0.1, -0.05) is 30.3 Å². The van der Waals surface area contributed by atoms with Gasteiger partial charge in [0.1, 0.15) is 0 Å². The van der Waals surface area contributed by atoms with Crippen molar-refractivity contribution >= 4 is 5.96 Å². The van der Waals surface area contributed by atoms with E-state index in [0.29, 0.717) is 0 Å². The van der Waals surface area contributed by atoms with Crippen LogP contribution in [0.25, 0.3) is 0 Å². The zero-order valence-corrected chi connectivity index (χ0v) is 13.5. The lowest BCUT2D eigenvalue weighted by Gasteiger charge is -2.34. The van der Waals surface area contributed by atoms with Gasteiger partial charge in [0.15, 0.2) is 5.96 Å². The molecule has 3 rings (SSSR count). The van der Waals surface area contributed by atoms with Crippen molar-refractivity contribution in [3.05, 3.63) is 35.9 Å². The third-order valence-corrected chi connectivity index (χ3v) is 4.48. The fraction of sp³-hybridized carbons (Fsp3) is 0.588. The van der Waals surface area contributed by atoms with E-state index in [1.54, 1.807) is 0 Å². The molecular weight excluding hydrogens is 274 g/mol. The van der Waals surface area contributed by atoms with Crippen LogP contribution in [-0.4, -0.2) is 80.1 Å². The molecule has 1 fully saturated rings. The summed E-state index contributed by atoms with van der Waals surface area (Å²) in [5, 5.41) is 3.45. The lowest BCUT2D eigenvalue weighted by atomic mass is 10.2. The van der Waals surface area contributed by atoms with Gasteiger partial charge in [0.25, 0.3) is 0 Å². The molecule has 2 heterocycles. The van der Waals surface area contributed by atoms with Crippen molar-refractivity contribution in [3.8, 4) is 0 Å². The summed E-state index contributed by atoms with van der Waals surface area (Å²) in [5.74, 6) is 1.06. The zero-order valence-electron chi connectivity index (χ0n) is 13.5. The fourth-order valence-electron chi connectivity index (χ4n) is 3.06. The highest BCUT2D eigenvalue weighted by atomic mass is 15.3. The molecule has 1 saturated heterocycles. The maximum atomic E-state index is 4.46. The first-order valence-electron chi connectivity index (χ1n) is 8.29. The number of likely N-dealkylation sites (N-methyl/N-ethyl adjacent to an activating group) is 1. The van der Waals surface area contributed by atoms with Crippen LogP contribution in [0.3, 0.4) is 0 Å². The average molecular weight is 301 g/mol. The maximum absolute atomic E-state index is 4.46. The first-order valence-corrected chi connectivity index (χ1v) is 8.29. The van der Waals surface area contributed by atoms with E-state index in [9.17, 15) is 0 Å². The molecule has 1 aromatic rings. The summed E-state index contributed by atoms with van der Waals surface area (Å²) in [5.41, 5.74) is 1.42. The van der Waals surface area contributed by atoms with Gasteiger partial charge in [-0.05, 0) is 5.56 Å². The van der Waals surface area contributed by atoms with Crippen molar-refractivity contribution in [2.75, 3.05) is 59.4 Å². The van der Waals surface area contributed by atoms with Gasteiger partial charge in [0, 0.05) is 59.4 Å². The molecule has 0 bridgehead atoms. The number of nitrogens with zero attached hydrogens (tertiary/aromatic N) is 4. The summed E-state index contributed by atoms with van der Waals surface area (Å²) in [4.78, 5) is 11.8. The topological polar surface area (TPSA) is 34.1 Å². The van der Waals surface area contributed by atoms with Gasteiger partial charge < -0.3 is 10.2 Å². The summed E-state index contributed by atoms with van der Waals surface area (Å²) in [6.07, 6.45) is 0. The third kappa shape index (κ3) is 4.21. The molecule has 0 amide bonds. The molecule has 0 aromatic heterocycles. The van der Waals surface area contributed by atoms with Gasteiger partial charge >= 0.3 is 0 Å². The molecule has 5 nitrogen and oxygen atoms in total. The maximum Gasteiger partial charge on any atom is 0.193 e. The lowest BCUT2D eigenvalue weighted by Crippen LogP contribution is -2.48. The van der Waals surface area contributed by atoms with Crippen molar-refractivity contribution < 1.29 is 0 Å². The molecule has 0 radical (unpaired) electrons. The molecular formula is C17H27N5. The second-order valence-corrected chi connectivity index (χ2v) is 6.16. The van der Waals surface area contributed by atoms with E-state index in [1.165, 1.54) is 5.56 Å². The van der Waals surface area contributed by atoms with Gasteiger partial charge in [-0.25, -0.2) is 0 Å². The van der Waals surface area contributed by atoms with Crippen LogP contribution in [0.15, 0.2) is 35.3 Å². The summed E-state index contributed by atoms with van der Waals surface area (Å²) in [6, 6.07) is 10.8. The Labute approximate surface area is 133 Å². The Morgan fingerprint density at radius 2 is 1.73 bits per heavy atom. The Bertz CT molecular complexity index is 479. The van der Waals surface area contributed by atoms with Crippen LogP contribution >= 0.6 is 0 Å². The number of rotatable bonds is 5. The smallest absolute Gasteiger partial charge is 0.193 e. The third-order valence-electron chi connectivity index (χ3n) is 4.48. The highest BCUT2D eigenvalue weighted by Gasteiger charge is 2.17. The number of hydrogen-bond acceptors (Lipinski definition) is 5. The highest BCUT2D eigenvalue weighted by Crippen LogP contribution is 2.08. The Morgan fingerprint density at radius 3 is 2.41 bits per heavy atom. The summed E-state index contributed by atoms with van der Waals surface area (Å²) in [7, 11) is 2.10. The molecule has 0 unspecified atom stereocenters. The minimum Gasteiger partial charge on any atom is -0.355 e. The van der Waals surface area contributed by atoms with Crippen molar-refractivity contribution in [1.82, 2.24) is 20.0 Å². The summed E-state index contributed by atoms with van der Waals surface area (Å²) < 4.78 is 0. The molecule has 0 saturated carbocycles. The van der Waals surface area contributed by atoms with Crippen LogP contribution < -0.4 is 5.32 Å². The lowest BCUT2D eigenvalue weighted by molar-refractivity contribution is 0.128. The average Bonchev–Trinajstić information content (AvgIpc) is 2.95. The van der Waals surface area contributed by atoms with Crippen molar-refractivity contribution in [1.29, 1.82) is 0 Å². The van der Waals surface area contributed by atoms with Crippen LogP contribution in [0.5, 0.6) is 0 Å². The molecule has 1 N–H and O–H groups in total. The largest absolute Gasteiger partial charge is 0.355 e. The first kappa shape index (κ1) is 15.3. The van der Waals surface area contributed by atoms with E-state index in [2.05, 4.69) is 62.4 Å². The molecule has 5 heteroatoms. The van der Waals surface area contributed by atoms with Gasteiger partial charge in [-0.3, -0.25) is 14.8 Å². The quantitative estimate of drug-likeness (QED) is 0.868.